The van der Waals surface area contributed by atoms with Crippen LogP contribution in [0.3, 0.4) is 0 Å². The number of fused-ring (bicyclic) bond motifs is 1. The number of hydrogen-bond donors (Lipinski definition) is 3. The van der Waals surface area contributed by atoms with Gasteiger partial charge in [-0.2, -0.15) is 0 Å². The SMILES string of the molecule is O=C(Nc1cc(-c2ccc(CC(=O)N3CCC(O)CC3)cc2)c2cc[nH]c2n1)C1CC1. The average Bonchev–Trinajstić information content (AvgIpc) is 3.52. The minimum Gasteiger partial charge on any atom is -0.393 e. The number of aliphatic hydroxyl groups excluding tert-OH is 1. The third-order valence-electron chi connectivity index (χ3n) is 6.17. The number of piperidine rings is 1. The highest BCUT2D eigenvalue weighted by Gasteiger charge is 2.30. The van der Waals surface area contributed by atoms with Crippen LogP contribution in [0, 0.1) is 5.92 Å². The maximum Gasteiger partial charge on any atom is 0.228 e. The standard InChI is InChI=1S/C24H26N4O3/c29-18-8-11-28(12-9-18)22(30)13-15-1-3-16(4-2-15)20-14-21(27-24(31)17-5-6-17)26-23-19(20)7-10-25-23/h1-4,7,10,14,17-18,29H,5-6,8-9,11-13H2,(H2,25,26,27,31). The number of carbonyl (C=O) groups is 2. The number of hydrogen-bond acceptors (Lipinski definition) is 4. The zero-order valence-electron chi connectivity index (χ0n) is 17.3. The van der Waals surface area contributed by atoms with Crippen LogP contribution in [0.2, 0.25) is 0 Å². The van der Waals surface area contributed by atoms with Crippen LogP contribution in [0.15, 0.2) is 42.6 Å². The molecule has 5 rings (SSSR count). The molecule has 3 aromatic rings. The molecule has 1 aromatic carbocycles. The van der Waals surface area contributed by atoms with Crippen LogP contribution in [-0.4, -0.2) is 51.0 Å². The van der Waals surface area contributed by atoms with Crippen molar-refractivity contribution in [3.63, 3.8) is 0 Å². The summed E-state index contributed by atoms with van der Waals surface area (Å²) in [6, 6.07) is 11.9. The maximum absolute atomic E-state index is 12.6. The largest absolute Gasteiger partial charge is 0.393 e. The second kappa shape index (κ2) is 8.15. The molecular weight excluding hydrogens is 392 g/mol. The summed E-state index contributed by atoms with van der Waals surface area (Å²) in [4.78, 5) is 34.2. The van der Waals surface area contributed by atoms with Crippen molar-refractivity contribution in [2.45, 2.75) is 38.2 Å². The Kier molecular flexibility index (Phi) is 5.19. The molecule has 7 nitrogen and oxygen atoms in total. The number of aromatic amines is 1. The molecule has 0 unspecified atom stereocenters. The van der Waals surface area contributed by atoms with Crippen molar-refractivity contribution in [1.82, 2.24) is 14.9 Å². The number of H-pyrrole nitrogens is 1. The molecule has 2 fully saturated rings. The summed E-state index contributed by atoms with van der Waals surface area (Å²) in [7, 11) is 0. The van der Waals surface area contributed by atoms with Crippen molar-refractivity contribution in [1.29, 1.82) is 0 Å². The molecule has 3 N–H and O–H groups in total. The van der Waals surface area contributed by atoms with E-state index in [9.17, 15) is 14.7 Å². The zero-order valence-corrected chi connectivity index (χ0v) is 17.3. The third kappa shape index (κ3) is 4.32. The Balaban J connectivity index is 1.34. The van der Waals surface area contributed by atoms with E-state index in [4.69, 9.17) is 0 Å². The van der Waals surface area contributed by atoms with Crippen molar-refractivity contribution in [3.8, 4) is 11.1 Å². The molecular formula is C24H26N4O3. The van der Waals surface area contributed by atoms with Crippen LogP contribution in [0.4, 0.5) is 5.82 Å². The van der Waals surface area contributed by atoms with Gasteiger partial charge in [-0.15, -0.1) is 0 Å². The van der Waals surface area contributed by atoms with Gasteiger partial charge in [0.1, 0.15) is 11.5 Å². The number of pyridine rings is 1. The van der Waals surface area contributed by atoms with Gasteiger partial charge in [0.25, 0.3) is 0 Å². The van der Waals surface area contributed by atoms with Crippen LogP contribution in [0.1, 0.15) is 31.2 Å². The Morgan fingerprint density at radius 1 is 1.10 bits per heavy atom. The maximum atomic E-state index is 12.6. The van der Waals surface area contributed by atoms with E-state index < -0.39 is 0 Å². The molecule has 2 amide bonds. The number of amides is 2. The minimum absolute atomic E-state index is 0.0310. The smallest absolute Gasteiger partial charge is 0.228 e. The van der Waals surface area contributed by atoms with Crippen molar-refractivity contribution < 1.29 is 14.7 Å². The molecule has 2 aromatic heterocycles. The fourth-order valence-electron chi connectivity index (χ4n) is 4.12. The summed E-state index contributed by atoms with van der Waals surface area (Å²) in [6.07, 6.45) is 5.11. The predicted octanol–water partition coefficient (Wildman–Crippen LogP) is 3.10. The number of nitrogens with zero attached hydrogens (tertiary/aromatic N) is 2. The lowest BCUT2D eigenvalue weighted by atomic mass is 10.0. The van der Waals surface area contributed by atoms with E-state index in [2.05, 4.69) is 15.3 Å². The predicted molar refractivity (Wildman–Crippen MR) is 118 cm³/mol. The Morgan fingerprint density at radius 2 is 1.84 bits per heavy atom. The summed E-state index contributed by atoms with van der Waals surface area (Å²) in [6.45, 7) is 1.24. The molecule has 7 heteroatoms. The van der Waals surface area contributed by atoms with Gasteiger partial charge in [0.05, 0.1) is 12.5 Å². The first-order valence-corrected chi connectivity index (χ1v) is 10.9. The average molecular weight is 418 g/mol. The van der Waals surface area contributed by atoms with Crippen molar-refractivity contribution in [2.75, 3.05) is 18.4 Å². The summed E-state index contributed by atoms with van der Waals surface area (Å²) in [5, 5.41) is 13.5. The van der Waals surface area contributed by atoms with Crippen LogP contribution in [0.5, 0.6) is 0 Å². The van der Waals surface area contributed by atoms with Crippen molar-refractivity contribution in [3.05, 3.63) is 48.2 Å². The molecule has 0 spiro atoms. The van der Waals surface area contributed by atoms with Crippen molar-refractivity contribution >= 4 is 28.7 Å². The lowest BCUT2D eigenvalue weighted by molar-refractivity contribution is -0.132. The quantitative estimate of drug-likeness (QED) is 0.593. The second-order valence-electron chi connectivity index (χ2n) is 8.54. The summed E-state index contributed by atoms with van der Waals surface area (Å²) in [5.74, 6) is 0.795. The fourth-order valence-corrected chi connectivity index (χ4v) is 4.12. The van der Waals surface area contributed by atoms with E-state index in [1.165, 1.54) is 0 Å². The van der Waals surface area contributed by atoms with E-state index in [1.54, 1.807) is 0 Å². The summed E-state index contributed by atoms with van der Waals surface area (Å²) in [5.41, 5.74) is 3.68. The van der Waals surface area contributed by atoms with E-state index in [1.807, 2.05) is 47.5 Å². The Hall–Kier alpha value is -3.19. The van der Waals surface area contributed by atoms with Gasteiger partial charge in [0.2, 0.25) is 11.8 Å². The summed E-state index contributed by atoms with van der Waals surface area (Å²) < 4.78 is 0. The van der Waals surface area contributed by atoms with Crippen LogP contribution in [0.25, 0.3) is 22.2 Å². The number of nitrogens with one attached hydrogen (secondary N) is 2. The number of rotatable bonds is 5. The van der Waals surface area contributed by atoms with Gasteiger partial charge in [-0.3, -0.25) is 9.59 Å². The monoisotopic (exact) mass is 418 g/mol. The van der Waals surface area contributed by atoms with Gasteiger partial charge in [0, 0.05) is 30.6 Å². The molecule has 1 aliphatic carbocycles. The number of likely N-dealkylation sites (tertiary alicyclic amines) is 1. The van der Waals surface area contributed by atoms with Gasteiger partial charge in [-0.25, -0.2) is 4.98 Å². The van der Waals surface area contributed by atoms with Gasteiger partial charge in [0.15, 0.2) is 0 Å². The third-order valence-corrected chi connectivity index (χ3v) is 6.17. The molecule has 0 atom stereocenters. The Morgan fingerprint density at radius 3 is 2.55 bits per heavy atom. The molecule has 160 valence electrons. The van der Waals surface area contributed by atoms with E-state index in [0.29, 0.717) is 38.2 Å². The zero-order chi connectivity index (χ0) is 21.4. The molecule has 1 saturated carbocycles. The first kappa shape index (κ1) is 19.8. The van der Waals surface area contributed by atoms with Crippen molar-refractivity contribution in [2.24, 2.45) is 5.92 Å². The topological polar surface area (TPSA) is 98.3 Å². The van der Waals surface area contributed by atoms with Gasteiger partial charge >= 0.3 is 0 Å². The highest BCUT2D eigenvalue weighted by Crippen LogP contribution is 2.33. The van der Waals surface area contributed by atoms with E-state index >= 15 is 0 Å². The van der Waals surface area contributed by atoms with Crippen LogP contribution >= 0.6 is 0 Å². The normalized spacial score (nSPS) is 17.1. The van der Waals surface area contributed by atoms with E-state index in [-0.39, 0.29) is 23.8 Å². The highest BCUT2D eigenvalue weighted by molar-refractivity contribution is 5.99. The van der Waals surface area contributed by atoms with Gasteiger partial charge in [-0.1, -0.05) is 24.3 Å². The molecule has 1 saturated heterocycles. The molecule has 0 bridgehead atoms. The molecule has 0 radical (unpaired) electrons. The van der Waals surface area contributed by atoms with Crippen LogP contribution in [-0.2, 0) is 16.0 Å². The molecule has 31 heavy (non-hydrogen) atoms. The second-order valence-corrected chi connectivity index (χ2v) is 8.54. The first-order chi connectivity index (χ1) is 15.1. The fraction of sp³-hybridized carbons (Fsp3) is 0.375. The first-order valence-electron chi connectivity index (χ1n) is 10.9. The Labute approximate surface area is 180 Å². The molecule has 2 aliphatic rings. The van der Waals surface area contributed by atoms with Gasteiger partial charge < -0.3 is 20.3 Å². The summed E-state index contributed by atoms with van der Waals surface area (Å²) >= 11 is 0. The molecule has 1 aliphatic heterocycles. The number of aromatic nitrogens is 2. The van der Waals surface area contributed by atoms with Crippen LogP contribution < -0.4 is 5.32 Å². The Bertz CT molecular complexity index is 1110. The lowest BCUT2D eigenvalue weighted by Gasteiger charge is -2.29. The number of benzene rings is 1. The lowest BCUT2D eigenvalue weighted by Crippen LogP contribution is -2.40. The number of anilines is 1. The minimum atomic E-state index is -0.284. The van der Waals surface area contributed by atoms with Gasteiger partial charge in [-0.05, 0) is 54.5 Å². The van der Waals surface area contributed by atoms with E-state index in [0.717, 1.165) is 40.6 Å². The molecule has 3 heterocycles. The number of carbonyl (C=O) groups excluding carboxylic acids is 2. The highest BCUT2D eigenvalue weighted by atomic mass is 16.3. The number of aliphatic hydroxyl groups is 1.